The standard InChI is InChI=1S/C25H32N4O6/c1-15-11-26-16(2)13-33-20-7-5-17(9-19(20)24(30)29(3)12-23(15)32-4)27-25(31)28-18-6-8-21-22(10-18)35-14-34-21/h5-10,15-16,23,26H,11-14H2,1-4H3,(H2,27,28,31)/t15-,16+,23-/m1/s1. The quantitative estimate of drug-likeness (QED) is 0.614. The minimum Gasteiger partial charge on any atom is -0.491 e. The topological polar surface area (TPSA) is 110 Å². The van der Waals surface area contributed by atoms with E-state index in [1.165, 1.54) is 0 Å². The molecule has 0 bridgehead atoms. The Morgan fingerprint density at radius 2 is 1.71 bits per heavy atom. The predicted molar refractivity (Wildman–Crippen MR) is 132 cm³/mol. The van der Waals surface area contributed by atoms with Gasteiger partial charge in [-0.15, -0.1) is 0 Å². The molecule has 2 aliphatic rings. The minimum absolute atomic E-state index is 0.0837. The number of carbonyl (C=O) groups is 2. The fourth-order valence-electron chi connectivity index (χ4n) is 4.01. The van der Waals surface area contributed by atoms with Crippen molar-refractivity contribution in [2.45, 2.75) is 26.0 Å². The fraction of sp³-hybridized carbons (Fsp3) is 0.440. The summed E-state index contributed by atoms with van der Waals surface area (Å²) < 4.78 is 22.3. The molecule has 0 fully saturated rings. The van der Waals surface area contributed by atoms with Gasteiger partial charge in [-0.05, 0) is 43.2 Å². The number of ether oxygens (including phenoxy) is 4. The van der Waals surface area contributed by atoms with E-state index >= 15 is 0 Å². The summed E-state index contributed by atoms with van der Waals surface area (Å²) >= 11 is 0. The molecule has 0 saturated carbocycles. The van der Waals surface area contributed by atoms with Crippen LogP contribution in [0.3, 0.4) is 0 Å². The van der Waals surface area contributed by atoms with E-state index in [4.69, 9.17) is 18.9 Å². The number of amides is 3. The van der Waals surface area contributed by atoms with E-state index in [0.29, 0.717) is 47.3 Å². The van der Waals surface area contributed by atoms with Gasteiger partial charge >= 0.3 is 6.03 Å². The number of carbonyl (C=O) groups excluding carboxylic acids is 2. The lowest BCUT2D eigenvalue weighted by molar-refractivity contribution is 0.0281. The van der Waals surface area contributed by atoms with Crippen LogP contribution in [-0.4, -0.2) is 69.6 Å². The van der Waals surface area contributed by atoms with Gasteiger partial charge in [-0.25, -0.2) is 4.79 Å². The number of hydrogen-bond donors (Lipinski definition) is 3. The highest BCUT2D eigenvalue weighted by Gasteiger charge is 2.26. The minimum atomic E-state index is -0.454. The lowest BCUT2D eigenvalue weighted by Gasteiger charge is -2.30. The number of likely N-dealkylation sites (N-methyl/N-ethyl adjacent to an activating group) is 1. The van der Waals surface area contributed by atoms with Crippen molar-refractivity contribution in [2.75, 3.05) is 51.3 Å². The van der Waals surface area contributed by atoms with Crippen molar-refractivity contribution in [3.05, 3.63) is 42.0 Å². The molecule has 2 aromatic rings. The van der Waals surface area contributed by atoms with Gasteiger partial charge in [0, 0.05) is 50.7 Å². The molecule has 188 valence electrons. The molecule has 35 heavy (non-hydrogen) atoms. The van der Waals surface area contributed by atoms with Crippen molar-refractivity contribution in [3.63, 3.8) is 0 Å². The summed E-state index contributed by atoms with van der Waals surface area (Å²) in [4.78, 5) is 27.6. The lowest BCUT2D eigenvalue weighted by Crippen LogP contribution is -2.44. The molecule has 2 heterocycles. The molecule has 2 aromatic carbocycles. The summed E-state index contributed by atoms with van der Waals surface area (Å²) in [7, 11) is 3.39. The van der Waals surface area contributed by atoms with E-state index in [-0.39, 0.29) is 30.8 Å². The maximum absolute atomic E-state index is 13.4. The number of hydrogen-bond acceptors (Lipinski definition) is 7. The molecule has 4 rings (SSSR count). The van der Waals surface area contributed by atoms with Crippen LogP contribution in [0.2, 0.25) is 0 Å². The third-order valence-electron chi connectivity index (χ3n) is 6.11. The normalized spacial score (nSPS) is 22.3. The Morgan fingerprint density at radius 1 is 1.03 bits per heavy atom. The number of fused-ring (bicyclic) bond motifs is 2. The Morgan fingerprint density at radius 3 is 2.46 bits per heavy atom. The van der Waals surface area contributed by atoms with Crippen molar-refractivity contribution in [3.8, 4) is 17.2 Å². The zero-order chi connectivity index (χ0) is 24.9. The highest BCUT2D eigenvalue weighted by atomic mass is 16.7. The van der Waals surface area contributed by atoms with Crippen LogP contribution in [0.25, 0.3) is 0 Å². The van der Waals surface area contributed by atoms with Crippen LogP contribution in [0.4, 0.5) is 16.2 Å². The molecular weight excluding hydrogens is 452 g/mol. The van der Waals surface area contributed by atoms with E-state index in [1.54, 1.807) is 55.5 Å². The number of nitrogens with zero attached hydrogens (tertiary/aromatic N) is 1. The number of methoxy groups -OCH3 is 1. The smallest absolute Gasteiger partial charge is 0.323 e. The highest BCUT2D eigenvalue weighted by Crippen LogP contribution is 2.34. The summed E-state index contributed by atoms with van der Waals surface area (Å²) in [5, 5.41) is 9.00. The first-order valence-corrected chi connectivity index (χ1v) is 11.6. The summed E-state index contributed by atoms with van der Waals surface area (Å²) in [6.07, 6.45) is -0.124. The Kier molecular flexibility index (Phi) is 7.62. The van der Waals surface area contributed by atoms with E-state index in [2.05, 4.69) is 22.9 Å². The predicted octanol–water partition coefficient (Wildman–Crippen LogP) is 3.15. The first-order chi connectivity index (χ1) is 16.8. The van der Waals surface area contributed by atoms with Crippen LogP contribution in [0.1, 0.15) is 24.2 Å². The van der Waals surface area contributed by atoms with E-state index < -0.39 is 6.03 Å². The Bertz CT molecular complexity index is 1080. The molecular formula is C25H32N4O6. The molecule has 3 atom stereocenters. The number of rotatable bonds is 3. The molecule has 0 radical (unpaired) electrons. The SMILES string of the molecule is CO[C@@H]1CN(C)C(=O)c2cc(NC(=O)Nc3ccc4c(c3)OCO4)ccc2OC[C@H](C)NC[C@H]1C. The molecule has 3 N–H and O–H groups in total. The molecule has 0 aliphatic carbocycles. The zero-order valence-corrected chi connectivity index (χ0v) is 20.4. The van der Waals surface area contributed by atoms with Crippen LogP contribution in [-0.2, 0) is 4.74 Å². The Balaban J connectivity index is 1.52. The third kappa shape index (κ3) is 5.95. The molecule has 0 aromatic heterocycles. The van der Waals surface area contributed by atoms with Gasteiger partial charge in [0.2, 0.25) is 6.79 Å². The number of nitrogens with one attached hydrogen (secondary N) is 3. The van der Waals surface area contributed by atoms with Crippen molar-refractivity contribution in [2.24, 2.45) is 5.92 Å². The highest BCUT2D eigenvalue weighted by molar-refractivity contribution is 6.02. The molecule has 10 heteroatoms. The molecule has 3 amide bonds. The van der Waals surface area contributed by atoms with Gasteiger partial charge in [-0.3, -0.25) is 4.79 Å². The maximum Gasteiger partial charge on any atom is 0.323 e. The Labute approximate surface area is 204 Å². The second kappa shape index (κ2) is 10.8. The zero-order valence-electron chi connectivity index (χ0n) is 20.4. The van der Waals surface area contributed by atoms with Crippen molar-refractivity contribution >= 4 is 23.3 Å². The van der Waals surface area contributed by atoms with Crippen LogP contribution in [0.5, 0.6) is 17.2 Å². The fourth-order valence-corrected chi connectivity index (χ4v) is 4.01. The number of benzene rings is 2. The molecule has 0 spiro atoms. The second-order valence-corrected chi connectivity index (χ2v) is 8.92. The summed E-state index contributed by atoms with van der Waals surface area (Å²) in [6, 6.07) is 9.81. The second-order valence-electron chi connectivity index (χ2n) is 8.92. The Hall–Kier alpha value is -3.50. The van der Waals surface area contributed by atoms with E-state index in [0.717, 1.165) is 6.54 Å². The lowest BCUT2D eigenvalue weighted by atomic mass is 10.0. The largest absolute Gasteiger partial charge is 0.491 e. The van der Waals surface area contributed by atoms with Gasteiger partial charge < -0.3 is 39.8 Å². The summed E-state index contributed by atoms with van der Waals surface area (Å²) in [5.41, 5.74) is 1.38. The van der Waals surface area contributed by atoms with E-state index in [1.807, 2.05) is 6.92 Å². The monoisotopic (exact) mass is 484 g/mol. The van der Waals surface area contributed by atoms with Gasteiger partial charge in [0.05, 0.1) is 11.7 Å². The van der Waals surface area contributed by atoms with E-state index in [9.17, 15) is 9.59 Å². The van der Waals surface area contributed by atoms with Gasteiger partial charge in [0.25, 0.3) is 5.91 Å². The van der Waals surface area contributed by atoms with Gasteiger partial charge in [-0.2, -0.15) is 0 Å². The molecule has 2 aliphatic heterocycles. The average Bonchev–Trinajstić information content (AvgIpc) is 3.31. The van der Waals surface area contributed by atoms with Crippen molar-refractivity contribution in [1.29, 1.82) is 0 Å². The average molecular weight is 485 g/mol. The number of urea groups is 1. The maximum atomic E-state index is 13.4. The van der Waals surface area contributed by atoms with Gasteiger partial charge in [0.1, 0.15) is 12.4 Å². The van der Waals surface area contributed by atoms with Crippen molar-refractivity contribution < 1.29 is 28.5 Å². The summed E-state index contributed by atoms with van der Waals surface area (Å²) in [5.74, 6) is 1.65. The molecule has 10 nitrogen and oxygen atoms in total. The first-order valence-electron chi connectivity index (χ1n) is 11.6. The molecule has 0 unspecified atom stereocenters. The van der Waals surface area contributed by atoms with Gasteiger partial charge in [0.15, 0.2) is 11.5 Å². The van der Waals surface area contributed by atoms with Crippen LogP contribution >= 0.6 is 0 Å². The van der Waals surface area contributed by atoms with Crippen LogP contribution < -0.4 is 30.2 Å². The van der Waals surface area contributed by atoms with Gasteiger partial charge in [-0.1, -0.05) is 6.92 Å². The summed E-state index contributed by atoms with van der Waals surface area (Å²) in [6.45, 7) is 5.85. The van der Waals surface area contributed by atoms with Crippen LogP contribution in [0.15, 0.2) is 36.4 Å². The van der Waals surface area contributed by atoms with Crippen LogP contribution in [0, 0.1) is 5.92 Å². The first kappa shape index (κ1) is 24.6. The molecule has 0 saturated heterocycles. The third-order valence-corrected chi connectivity index (χ3v) is 6.11. The van der Waals surface area contributed by atoms with Crippen molar-refractivity contribution in [1.82, 2.24) is 10.2 Å². The number of anilines is 2.